The minimum absolute atomic E-state index is 0.0292. The van der Waals surface area contributed by atoms with Gasteiger partial charge in [-0.2, -0.15) is 10.2 Å². The van der Waals surface area contributed by atoms with Gasteiger partial charge in [0.15, 0.2) is 11.6 Å². The number of carbonyl (C=O) groups excluding carboxylic acids is 2. The average Bonchev–Trinajstić information content (AvgIpc) is 3.57. The second kappa shape index (κ2) is 12.4. The summed E-state index contributed by atoms with van der Waals surface area (Å²) in [5.41, 5.74) is 4.26. The molecule has 2 aromatic heterocycles. The van der Waals surface area contributed by atoms with Crippen molar-refractivity contribution in [2.75, 3.05) is 10.6 Å². The third-order valence-corrected chi connectivity index (χ3v) is 6.53. The number of H-pyrrole nitrogens is 2. The normalized spacial score (nSPS) is 10.7. The van der Waals surface area contributed by atoms with E-state index in [9.17, 15) is 14.7 Å². The quantitative estimate of drug-likeness (QED) is 0.146. The molecule has 10 heteroatoms. The van der Waals surface area contributed by atoms with E-state index in [-0.39, 0.29) is 17.6 Å². The highest BCUT2D eigenvalue weighted by Gasteiger charge is 2.12. The average molecular weight is 567 g/mol. The molecular formula is C31H27ClN6O3. The molecule has 2 heterocycles. The van der Waals surface area contributed by atoms with Crippen LogP contribution in [0.3, 0.4) is 0 Å². The van der Waals surface area contributed by atoms with Crippen LogP contribution in [0.1, 0.15) is 30.1 Å². The maximum atomic E-state index is 12.0. The lowest BCUT2D eigenvalue weighted by Gasteiger charge is -2.03. The van der Waals surface area contributed by atoms with E-state index in [2.05, 4.69) is 31.0 Å². The van der Waals surface area contributed by atoms with Gasteiger partial charge in [-0.05, 0) is 72.1 Å². The summed E-state index contributed by atoms with van der Waals surface area (Å²) in [7, 11) is 0. The third-order valence-electron chi connectivity index (χ3n) is 6.29. The van der Waals surface area contributed by atoms with Crippen molar-refractivity contribution in [3.8, 4) is 16.9 Å². The van der Waals surface area contributed by atoms with Crippen molar-refractivity contribution in [1.29, 1.82) is 0 Å². The minimum Gasteiger partial charge on any atom is -0.508 e. The number of aromatic amines is 2. The predicted molar refractivity (Wildman–Crippen MR) is 162 cm³/mol. The van der Waals surface area contributed by atoms with Gasteiger partial charge in [-0.25, -0.2) is 0 Å². The number of aromatic nitrogens is 4. The number of benzene rings is 4. The number of phenolic OH excluding ortho intramolecular Hbond substituents is 1. The fourth-order valence-corrected chi connectivity index (χ4v) is 4.40. The highest BCUT2D eigenvalue weighted by Crippen LogP contribution is 2.28. The topological polar surface area (TPSA) is 136 Å². The monoisotopic (exact) mass is 566 g/mol. The highest BCUT2D eigenvalue weighted by molar-refractivity contribution is 6.31. The number of halogens is 1. The Balaban J connectivity index is 0.000000166. The third kappa shape index (κ3) is 6.54. The van der Waals surface area contributed by atoms with Crippen LogP contribution < -0.4 is 10.6 Å². The van der Waals surface area contributed by atoms with Crippen molar-refractivity contribution >= 4 is 56.9 Å². The van der Waals surface area contributed by atoms with Gasteiger partial charge < -0.3 is 15.7 Å². The van der Waals surface area contributed by atoms with Gasteiger partial charge in [0.05, 0.1) is 11.0 Å². The largest absolute Gasteiger partial charge is 0.508 e. The Morgan fingerprint density at radius 1 is 0.780 bits per heavy atom. The number of hydrogen-bond acceptors (Lipinski definition) is 5. The van der Waals surface area contributed by atoms with E-state index >= 15 is 0 Å². The second-order valence-corrected chi connectivity index (χ2v) is 9.70. The van der Waals surface area contributed by atoms with Gasteiger partial charge in [-0.15, -0.1) is 0 Å². The molecule has 0 aliphatic carbocycles. The molecule has 0 saturated carbocycles. The summed E-state index contributed by atoms with van der Waals surface area (Å²) in [5.74, 6) is 1.08. The molecule has 6 rings (SSSR count). The Morgan fingerprint density at radius 2 is 1.39 bits per heavy atom. The van der Waals surface area contributed by atoms with E-state index in [0.29, 0.717) is 28.6 Å². The second-order valence-electron chi connectivity index (χ2n) is 9.26. The van der Waals surface area contributed by atoms with Crippen molar-refractivity contribution in [2.24, 2.45) is 0 Å². The van der Waals surface area contributed by atoms with Gasteiger partial charge in [0.1, 0.15) is 5.75 Å². The molecule has 206 valence electrons. The van der Waals surface area contributed by atoms with E-state index in [0.717, 1.165) is 39.4 Å². The van der Waals surface area contributed by atoms with E-state index in [1.54, 1.807) is 36.4 Å². The van der Waals surface area contributed by atoms with Gasteiger partial charge in [0, 0.05) is 27.8 Å². The molecule has 0 spiro atoms. The Bertz CT molecular complexity index is 1810. The standard InChI is InChI=1S/C17H17N3O2.C14H10ClN3O/c1-2-3-16(22)18-17-14-9-6-12(10-15(14)19-20-17)11-4-7-13(21)8-5-11;15-10-6-7-11-12(8-10)17-18-13(11)16-14(19)9-4-2-1-3-5-9/h4-10,21H,2-3H2,1H3,(H2,18,19,20,22);1-8H,(H2,16,17,18,19). The molecular weight excluding hydrogens is 540 g/mol. The summed E-state index contributed by atoms with van der Waals surface area (Å²) in [5, 5.41) is 31.3. The summed E-state index contributed by atoms with van der Waals surface area (Å²) in [6, 6.07) is 27.3. The number of nitrogens with zero attached hydrogens (tertiary/aromatic N) is 2. The van der Waals surface area contributed by atoms with Crippen LogP contribution in [0.4, 0.5) is 11.6 Å². The molecule has 0 aliphatic heterocycles. The summed E-state index contributed by atoms with van der Waals surface area (Å²) in [6.45, 7) is 1.96. The van der Waals surface area contributed by atoms with Gasteiger partial charge in [0.25, 0.3) is 5.91 Å². The van der Waals surface area contributed by atoms with Crippen LogP contribution in [0, 0.1) is 0 Å². The Kier molecular flexibility index (Phi) is 8.26. The van der Waals surface area contributed by atoms with Crippen molar-refractivity contribution in [3.63, 3.8) is 0 Å². The maximum absolute atomic E-state index is 12.0. The van der Waals surface area contributed by atoms with E-state index in [1.807, 2.05) is 61.5 Å². The van der Waals surface area contributed by atoms with Gasteiger partial charge in [-0.3, -0.25) is 19.8 Å². The smallest absolute Gasteiger partial charge is 0.256 e. The molecule has 0 atom stereocenters. The molecule has 0 aliphatic rings. The van der Waals surface area contributed by atoms with Gasteiger partial charge in [-0.1, -0.05) is 54.9 Å². The number of amides is 2. The Hall–Kier alpha value is -5.15. The summed E-state index contributed by atoms with van der Waals surface area (Å²) in [4.78, 5) is 23.7. The number of carbonyl (C=O) groups is 2. The minimum atomic E-state index is -0.191. The number of aromatic hydroxyl groups is 1. The van der Waals surface area contributed by atoms with Gasteiger partial charge >= 0.3 is 0 Å². The molecule has 4 aromatic carbocycles. The zero-order chi connectivity index (χ0) is 28.8. The van der Waals surface area contributed by atoms with Crippen LogP contribution in [0.15, 0.2) is 91.0 Å². The number of anilines is 2. The summed E-state index contributed by atoms with van der Waals surface area (Å²) >= 11 is 5.89. The predicted octanol–water partition coefficient (Wildman–Crippen LogP) is 7.14. The van der Waals surface area contributed by atoms with Crippen molar-refractivity contribution in [1.82, 2.24) is 20.4 Å². The first-order valence-electron chi connectivity index (χ1n) is 13.0. The lowest BCUT2D eigenvalue weighted by Crippen LogP contribution is -2.12. The molecule has 9 nitrogen and oxygen atoms in total. The number of hydrogen-bond donors (Lipinski definition) is 5. The number of rotatable bonds is 6. The molecule has 0 saturated heterocycles. The van der Waals surface area contributed by atoms with Crippen LogP contribution in [-0.4, -0.2) is 37.3 Å². The molecule has 0 radical (unpaired) electrons. The zero-order valence-electron chi connectivity index (χ0n) is 22.1. The van der Waals surface area contributed by atoms with Gasteiger partial charge in [0.2, 0.25) is 5.91 Å². The summed E-state index contributed by atoms with van der Waals surface area (Å²) in [6.07, 6.45) is 1.29. The van der Waals surface area contributed by atoms with Crippen LogP contribution >= 0.6 is 11.6 Å². The molecule has 5 N–H and O–H groups in total. The van der Waals surface area contributed by atoms with Crippen molar-refractivity contribution in [3.05, 3.63) is 102 Å². The fraction of sp³-hybridized carbons (Fsp3) is 0.0968. The lowest BCUT2D eigenvalue weighted by atomic mass is 10.0. The highest BCUT2D eigenvalue weighted by atomic mass is 35.5. The number of phenols is 1. The maximum Gasteiger partial charge on any atom is 0.256 e. The van der Waals surface area contributed by atoms with Crippen molar-refractivity contribution < 1.29 is 14.7 Å². The van der Waals surface area contributed by atoms with Crippen molar-refractivity contribution in [2.45, 2.75) is 19.8 Å². The molecule has 41 heavy (non-hydrogen) atoms. The Labute approximate surface area is 240 Å². The molecule has 2 amide bonds. The first kappa shape index (κ1) is 27.4. The number of fused-ring (bicyclic) bond motifs is 2. The molecule has 0 bridgehead atoms. The summed E-state index contributed by atoms with van der Waals surface area (Å²) < 4.78 is 0. The van der Waals surface area contributed by atoms with Crippen LogP contribution in [0.5, 0.6) is 5.75 Å². The first-order chi connectivity index (χ1) is 19.9. The SMILES string of the molecule is CCCC(=O)Nc1n[nH]c2cc(-c3ccc(O)cc3)ccc12.O=C(Nc1n[nH]c2cc(Cl)ccc12)c1ccccc1. The molecule has 0 unspecified atom stereocenters. The number of nitrogens with one attached hydrogen (secondary N) is 4. The van der Waals surface area contributed by atoms with Crippen LogP contribution in [0.25, 0.3) is 32.9 Å². The molecule has 6 aromatic rings. The van der Waals surface area contributed by atoms with E-state index in [1.165, 1.54) is 0 Å². The lowest BCUT2D eigenvalue weighted by molar-refractivity contribution is -0.116. The van der Waals surface area contributed by atoms with Crippen LogP contribution in [-0.2, 0) is 4.79 Å². The zero-order valence-corrected chi connectivity index (χ0v) is 22.9. The van der Waals surface area contributed by atoms with E-state index in [4.69, 9.17) is 11.6 Å². The molecule has 0 fully saturated rings. The fourth-order valence-electron chi connectivity index (χ4n) is 4.23. The van der Waals surface area contributed by atoms with Crippen LogP contribution in [0.2, 0.25) is 5.02 Å². The first-order valence-corrected chi connectivity index (χ1v) is 13.4. The Morgan fingerprint density at radius 3 is 2.07 bits per heavy atom. The van der Waals surface area contributed by atoms with E-state index < -0.39 is 0 Å².